The van der Waals surface area contributed by atoms with E-state index in [1.54, 1.807) is 36.4 Å². The third kappa shape index (κ3) is 5.07. The molecule has 0 aliphatic rings. The van der Waals surface area contributed by atoms with Crippen LogP contribution in [0.25, 0.3) is 22.4 Å². The molecule has 174 valence electrons. The summed E-state index contributed by atoms with van der Waals surface area (Å²) in [5.41, 5.74) is -0.267. The molecule has 0 aliphatic carbocycles. The summed E-state index contributed by atoms with van der Waals surface area (Å²) in [5, 5.41) is 11.2. The number of halogens is 4. The maximum Gasteiger partial charge on any atom is 0.434 e. The number of nitrogens with zero attached hydrogens (tertiary/aromatic N) is 2. The molecule has 4 rings (SSSR count). The van der Waals surface area contributed by atoms with Crippen molar-refractivity contribution < 1.29 is 27.8 Å². The van der Waals surface area contributed by atoms with E-state index < -0.39 is 11.9 Å². The molecule has 0 saturated carbocycles. The highest BCUT2D eigenvalue weighted by molar-refractivity contribution is 6.30. The lowest BCUT2D eigenvalue weighted by Crippen LogP contribution is -2.12. The molecule has 1 aromatic heterocycles. The molecule has 0 fully saturated rings. The summed E-state index contributed by atoms with van der Waals surface area (Å²) in [6.07, 6.45) is -3.91. The molecular formula is C25H18ClF3N2O3. The average molecular weight is 487 g/mol. The minimum Gasteiger partial charge on any atom is -0.507 e. The van der Waals surface area contributed by atoms with Gasteiger partial charge in [-0.05, 0) is 47.5 Å². The van der Waals surface area contributed by atoms with E-state index in [-0.39, 0.29) is 34.7 Å². The van der Waals surface area contributed by atoms with Crippen LogP contribution in [0.2, 0.25) is 5.02 Å². The first kappa shape index (κ1) is 23.4. The van der Waals surface area contributed by atoms with Gasteiger partial charge in [0.25, 0.3) is 0 Å². The third-order valence-corrected chi connectivity index (χ3v) is 5.25. The Hall–Kier alpha value is -3.78. The molecule has 5 nitrogen and oxygen atoms in total. The number of methoxy groups -OCH3 is 1. The van der Waals surface area contributed by atoms with E-state index in [1.807, 2.05) is 6.07 Å². The number of rotatable bonds is 6. The molecule has 0 unspecified atom stereocenters. The van der Waals surface area contributed by atoms with Crippen molar-refractivity contribution in [3.05, 3.63) is 89.3 Å². The third-order valence-electron chi connectivity index (χ3n) is 5.01. The Morgan fingerprint density at radius 2 is 1.68 bits per heavy atom. The number of aromatic hydroxyl groups is 1. The van der Waals surface area contributed by atoms with Gasteiger partial charge in [0.05, 0.1) is 12.8 Å². The van der Waals surface area contributed by atoms with Gasteiger partial charge in [-0.25, -0.2) is 9.97 Å². The smallest absolute Gasteiger partial charge is 0.434 e. The van der Waals surface area contributed by atoms with Gasteiger partial charge in [-0.15, -0.1) is 0 Å². The quantitative estimate of drug-likeness (QED) is 0.325. The predicted octanol–water partition coefficient (Wildman–Crippen LogP) is 6.78. The van der Waals surface area contributed by atoms with Gasteiger partial charge in [0.2, 0.25) is 0 Å². The second-order valence-electron chi connectivity index (χ2n) is 7.27. The summed E-state index contributed by atoms with van der Waals surface area (Å²) in [6, 6.07) is 17.5. The number of aromatic nitrogens is 2. The van der Waals surface area contributed by atoms with E-state index in [4.69, 9.17) is 21.1 Å². The fraction of sp³-hybridized carbons (Fsp3) is 0.120. The SMILES string of the molecule is COc1ccc(-c2c(-c3ccc(OCc4cccc(Cl)c4)cc3O)ncnc2C(F)(F)F)cc1. The van der Waals surface area contributed by atoms with E-state index >= 15 is 0 Å². The normalized spacial score (nSPS) is 11.3. The van der Waals surface area contributed by atoms with Crippen LogP contribution in [0, 0.1) is 0 Å². The zero-order valence-corrected chi connectivity index (χ0v) is 18.6. The summed E-state index contributed by atoms with van der Waals surface area (Å²) in [6.45, 7) is 0.197. The summed E-state index contributed by atoms with van der Waals surface area (Å²) in [4.78, 5) is 7.57. The maximum atomic E-state index is 13.8. The van der Waals surface area contributed by atoms with Crippen molar-refractivity contribution in [1.82, 2.24) is 9.97 Å². The lowest BCUT2D eigenvalue weighted by atomic mass is 9.96. The first-order chi connectivity index (χ1) is 16.3. The van der Waals surface area contributed by atoms with Gasteiger partial charge in [-0.1, -0.05) is 35.9 Å². The molecule has 0 bridgehead atoms. The summed E-state index contributed by atoms with van der Waals surface area (Å²) < 4.78 is 52.3. The monoisotopic (exact) mass is 486 g/mol. The van der Waals surface area contributed by atoms with E-state index in [0.29, 0.717) is 16.5 Å². The van der Waals surface area contributed by atoms with Crippen molar-refractivity contribution >= 4 is 11.6 Å². The molecule has 1 N–H and O–H groups in total. The Kier molecular flexibility index (Phi) is 6.61. The Morgan fingerprint density at radius 3 is 2.32 bits per heavy atom. The molecule has 0 saturated heterocycles. The topological polar surface area (TPSA) is 64.5 Å². The molecule has 34 heavy (non-hydrogen) atoms. The molecule has 0 spiro atoms. The Balaban J connectivity index is 1.73. The van der Waals surface area contributed by atoms with Crippen LogP contribution in [0.5, 0.6) is 17.2 Å². The zero-order chi connectivity index (χ0) is 24.3. The van der Waals surface area contributed by atoms with Gasteiger partial charge in [0.15, 0.2) is 5.69 Å². The molecule has 3 aromatic carbocycles. The lowest BCUT2D eigenvalue weighted by Gasteiger charge is -2.17. The number of alkyl halides is 3. The molecule has 4 aromatic rings. The van der Waals surface area contributed by atoms with Crippen LogP contribution in [0.15, 0.2) is 73.1 Å². The van der Waals surface area contributed by atoms with E-state index in [9.17, 15) is 18.3 Å². The second kappa shape index (κ2) is 9.61. The standard InChI is InChI=1S/C25H18ClF3N2O3/c1-33-18-7-5-16(6-8-18)22-23(30-14-31-24(22)25(27,28)29)20-10-9-19(12-21(20)32)34-13-15-3-2-4-17(26)11-15/h2-12,14,32H,13H2,1H3. The van der Waals surface area contributed by atoms with Gasteiger partial charge in [0, 0.05) is 22.2 Å². The van der Waals surface area contributed by atoms with Crippen LogP contribution in [0.3, 0.4) is 0 Å². The van der Waals surface area contributed by atoms with Crippen LogP contribution in [-0.4, -0.2) is 22.2 Å². The summed E-state index contributed by atoms with van der Waals surface area (Å²) >= 11 is 5.97. The van der Waals surface area contributed by atoms with Gasteiger partial charge < -0.3 is 14.6 Å². The van der Waals surface area contributed by atoms with Gasteiger partial charge >= 0.3 is 6.18 Å². The van der Waals surface area contributed by atoms with Gasteiger partial charge in [-0.2, -0.15) is 13.2 Å². The van der Waals surface area contributed by atoms with E-state index in [0.717, 1.165) is 11.9 Å². The Bertz CT molecular complexity index is 1310. The van der Waals surface area contributed by atoms with Crippen LogP contribution in [0.1, 0.15) is 11.3 Å². The number of hydrogen-bond donors (Lipinski definition) is 1. The largest absolute Gasteiger partial charge is 0.507 e. The van der Waals surface area contributed by atoms with Crippen molar-refractivity contribution in [2.45, 2.75) is 12.8 Å². The van der Waals surface area contributed by atoms with E-state index in [2.05, 4.69) is 9.97 Å². The lowest BCUT2D eigenvalue weighted by molar-refractivity contribution is -0.140. The molecule has 9 heteroatoms. The van der Waals surface area contributed by atoms with E-state index in [1.165, 1.54) is 31.4 Å². The molecule has 1 heterocycles. The number of phenolic OH excluding ortho intramolecular Hbond substituents is 1. The molecule has 0 amide bonds. The van der Waals surface area contributed by atoms with Gasteiger partial charge in [0.1, 0.15) is 30.2 Å². The van der Waals surface area contributed by atoms with Crippen LogP contribution in [0.4, 0.5) is 13.2 Å². The van der Waals surface area contributed by atoms with Gasteiger partial charge in [-0.3, -0.25) is 0 Å². The highest BCUT2D eigenvalue weighted by Crippen LogP contribution is 2.43. The molecule has 0 aliphatic heterocycles. The van der Waals surface area contributed by atoms with Crippen LogP contribution in [-0.2, 0) is 12.8 Å². The van der Waals surface area contributed by atoms with Crippen molar-refractivity contribution in [3.63, 3.8) is 0 Å². The van der Waals surface area contributed by atoms with Crippen molar-refractivity contribution in [2.24, 2.45) is 0 Å². The number of hydrogen-bond acceptors (Lipinski definition) is 5. The maximum absolute atomic E-state index is 13.8. The summed E-state index contributed by atoms with van der Waals surface area (Å²) in [7, 11) is 1.46. The number of benzene rings is 3. The van der Waals surface area contributed by atoms with Crippen molar-refractivity contribution in [1.29, 1.82) is 0 Å². The minimum absolute atomic E-state index is 0.0635. The number of phenols is 1. The molecule has 0 atom stereocenters. The Morgan fingerprint density at radius 1 is 0.941 bits per heavy atom. The first-order valence-corrected chi connectivity index (χ1v) is 10.4. The number of ether oxygens (including phenoxy) is 2. The van der Waals surface area contributed by atoms with Crippen LogP contribution < -0.4 is 9.47 Å². The molecule has 0 radical (unpaired) electrons. The summed E-state index contributed by atoms with van der Waals surface area (Å²) in [5.74, 6) is 0.530. The highest BCUT2D eigenvalue weighted by Gasteiger charge is 2.37. The fourth-order valence-corrected chi connectivity index (χ4v) is 3.64. The Labute approximate surface area is 198 Å². The van der Waals surface area contributed by atoms with Crippen molar-refractivity contribution in [2.75, 3.05) is 7.11 Å². The fourth-order valence-electron chi connectivity index (χ4n) is 3.43. The van der Waals surface area contributed by atoms with Crippen molar-refractivity contribution in [3.8, 4) is 39.6 Å². The average Bonchev–Trinajstić information content (AvgIpc) is 2.82. The van der Waals surface area contributed by atoms with Crippen LogP contribution >= 0.6 is 11.6 Å². The highest BCUT2D eigenvalue weighted by atomic mass is 35.5. The first-order valence-electron chi connectivity index (χ1n) is 10.0. The molecular weight excluding hydrogens is 469 g/mol. The zero-order valence-electron chi connectivity index (χ0n) is 17.8. The predicted molar refractivity (Wildman–Crippen MR) is 122 cm³/mol. The second-order valence-corrected chi connectivity index (χ2v) is 7.71. The minimum atomic E-state index is -4.73.